The molecule has 2 aromatic rings. The molecule has 0 radical (unpaired) electrons. The van der Waals surface area contributed by atoms with E-state index in [-0.39, 0.29) is 24.0 Å². The highest BCUT2D eigenvalue weighted by atomic mass is 127. The number of hydrogen-bond donors (Lipinski definition) is 2. The smallest absolute Gasteiger partial charge is 0.218 e. The van der Waals surface area contributed by atoms with Crippen molar-refractivity contribution in [3.63, 3.8) is 0 Å². The Morgan fingerprint density at radius 1 is 1.12 bits per heavy atom. The van der Waals surface area contributed by atoms with Crippen LogP contribution in [0.3, 0.4) is 0 Å². The quantitative estimate of drug-likeness (QED) is 0.353. The zero-order valence-electron chi connectivity index (χ0n) is 15.5. The van der Waals surface area contributed by atoms with Crippen molar-refractivity contribution in [1.82, 2.24) is 15.6 Å². The first-order valence-electron chi connectivity index (χ1n) is 8.41. The number of aliphatic imine (C=N–C) groups is 1. The Balaban J connectivity index is 0.00000338. The molecule has 0 atom stereocenters. The Labute approximate surface area is 172 Å². The Morgan fingerprint density at radius 3 is 2.62 bits per heavy atom. The first-order chi connectivity index (χ1) is 12.3. The molecule has 26 heavy (non-hydrogen) atoms. The van der Waals surface area contributed by atoms with Crippen LogP contribution in [-0.4, -0.2) is 38.3 Å². The van der Waals surface area contributed by atoms with Gasteiger partial charge in [0.1, 0.15) is 5.75 Å². The summed E-state index contributed by atoms with van der Waals surface area (Å²) in [5.41, 5.74) is 2.16. The molecule has 0 saturated carbocycles. The third kappa shape index (κ3) is 6.70. The van der Waals surface area contributed by atoms with E-state index in [9.17, 15) is 0 Å². The van der Waals surface area contributed by atoms with Gasteiger partial charge in [-0.1, -0.05) is 24.3 Å². The summed E-state index contributed by atoms with van der Waals surface area (Å²) >= 11 is 0. The average molecular weight is 470 g/mol. The number of rotatable bonds is 8. The predicted octanol–water partition coefficient (Wildman–Crippen LogP) is 3.01. The van der Waals surface area contributed by atoms with Gasteiger partial charge in [-0.15, -0.1) is 24.0 Å². The van der Waals surface area contributed by atoms with E-state index in [1.807, 2.05) is 37.3 Å². The van der Waals surface area contributed by atoms with E-state index in [4.69, 9.17) is 9.47 Å². The molecule has 2 N–H and O–H groups in total. The second kappa shape index (κ2) is 12.3. The molecule has 0 saturated heterocycles. The Kier molecular flexibility index (Phi) is 10.5. The van der Waals surface area contributed by atoms with E-state index in [1.165, 1.54) is 5.56 Å². The minimum atomic E-state index is 0. The van der Waals surface area contributed by atoms with E-state index in [1.54, 1.807) is 20.4 Å². The van der Waals surface area contributed by atoms with E-state index in [0.29, 0.717) is 19.0 Å². The highest BCUT2D eigenvalue weighted by molar-refractivity contribution is 14.0. The molecule has 6 nitrogen and oxygen atoms in total. The van der Waals surface area contributed by atoms with Crippen LogP contribution in [0.5, 0.6) is 11.6 Å². The molecular weight excluding hydrogens is 443 g/mol. The van der Waals surface area contributed by atoms with Crippen LogP contribution in [0.4, 0.5) is 0 Å². The van der Waals surface area contributed by atoms with E-state index in [2.05, 4.69) is 26.7 Å². The predicted molar refractivity (Wildman–Crippen MR) is 116 cm³/mol. The molecule has 0 aliphatic rings. The van der Waals surface area contributed by atoms with Crippen LogP contribution in [0.25, 0.3) is 0 Å². The molecule has 0 spiro atoms. The van der Waals surface area contributed by atoms with Crippen molar-refractivity contribution in [3.05, 3.63) is 53.7 Å². The van der Waals surface area contributed by atoms with Gasteiger partial charge in [-0.2, -0.15) is 0 Å². The zero-order chi connectivity index (χ0) is 17.9. The molecule has 1 aromatic carbocycles. The maximum Gasteiger partial charge on any atom is 0.218 e. The lowest BCUT2D eigenvalue weighted by Gasteiger charge is -2.14. The number of pyridine rings is 1. The van der Waals surface area contributed by atoms with Crippen LogP contribution in [-0.2, 0) is 13.0 Å². The molecule has 142 valence electrons. The van der Waals surface area contributed by atoms with Crippen molar-refractivity contribution in [2.24, 2.45) is 4.99 Å². The summed E-state index contributed by atoms with van der Waals surface area (Å²) in [5, 5.41) is 6.60. The fraction of sp³-hybridized carbons (Fsp3) is 0.368. The lowest BCUT2D eigenvalue weighted by atomic mass is 10.1. The van der Waals surface area contributed by atoms with Crippen LogP contribution in [0.15, 0.2) is 47.6 Å². The summed E-state index contributed by atoms with van der Waals surface area (Å²) in [5.74, 6) is 2.30. The third-order valence-corrected chi connectivity index (χ3v) is 3.68. The van der Waals surface area contributed by atoms with Crippen LogP contribution in [0, 0.1) is 0 Å². The first kappa shape index (κ1) is 22.0. The summed E-state index contributed by atoms with van der Waals surface area (Å²) in [6.45, 7) is 3.89. The van der Waals surface area contributed by atoms with E-state index < -0.39 is 0 Å². The number of benzene rings is 1. The summed E-state index contributed by atoms with van der Waals surface area (Å²) < 4.78 is 10.9. The molecule has 0 amide bonds. The summed E-state index contributed by atoms with van der Waals surface area (Å²) in [6, 6.07) is 11.9. The maximum absolute atomic E-state index is 5.54. The van der Waals surface area contributed by atoms with Gasteiger partial charge in [0.05, 0.1) is 13.7 Å². The molecule has 2 rings (SSSR count). The molecule has 7 heteroatoms. The molecule has 0 unspecified atom stereocenters. The van der Waals surface area contributed by atoms with Crippen molar-refractivity contribution < 1.29 is 9.47 Å². The van der Waals surface area contributed by atoms with Gasteiger partial charge in [0.15, 0.2) is 5.96 Å². The van der Waals surface area contributed by atoms with Gasteiger partial charge in [-0.3, -0.25) is 4.99 Å². The number of methoxy groups -OCH3 is 1. The Morgan fingerprint density at radius 2 is 1.88 bits per heavy atom. The van der Waals surface area contributed by atoms with Gasteiger partial charge in [0.2, 0.25) is 5.88 Å². The van der Waals surface area contributed by atoms with E-state index in [0.717, 1.165) is 30.2 Å². The van der Waals surface area contributed by atoms with Crippen molar-refractivity contribution in [1.29, 1.82) is 0 Å². The van der Waals surface area contributed by atoms with Gasteiger partial charge in [0.25, 0.3) is 0 Å². The van der Waals surface area contributed by atoms with Crippen molar-refractivity contribution >= 4 is 29.9 Å². The van der Waals surface area contributed by atoms with Crippen molar-refractivity contribution in [2.45, 2.75) is 19.9 Å². The molecule has 0 aliphatic heterocycles. The third-order valence-electron chi connectivity index (χ3n) is 3.68. The van der Waals surface area contributed by atoms with Crippen LogP contribution in [0.1, 0.15) is 18.1 Å². The lowest BCUT2D eigenvalue weighted by Crippen LogP contribution is -2.38. The fourth-order valence-electron chi connectivity index (χ4n) is 2.45. The Hall–Kier alpha value is -2.03. The summed E-state index contributed by atoms with van der Waals surface area (Å²) in [6.07, 6.45) is 2.58. The minimum absolute atomic E-state index is 0. The number of aromatic nitrogens is 1. The maximum atomic E-state index is 5.54. The second-order valence-corrected chi connectivity index (χ2v) is 5.32. The topological polar surface area (TPSA) is 67.8 Å². The molecular formula is C19H27IN4O2. The number of hydrogen-bond acceptors (Lipinski definition) is 4. The second-order valence-electron chi connectivity index (χ2n) is 5.32. The highest BCUT2D eigenvalue weighted by Crippen LogP contribution is 2.17. The van der Waals surface area contributed by atoms with E-state index >= 15 is 0 Å². The highest BCUT2D eigenvalue weighted by Gasteiger charge is 2.06. The van der Waals surface area contributed by atoms with Gasteiger partial charge in [-0.05, 0) is 31.0 Å². The van der Waals surface area contributed by atoms with Crippen molar-refractivity contribution in [2.75, 3.05) is 27.3 Å². The summed E-state index contributed by atoms with van der Waals surface area (Å²) in [7, 11) is 3.45. The Bertz CT molecular complexity index is 695. The summed E-state index contributed by atoms with van der Waals surface area (Å²) in [4.78, 5) is 8.51. The average Bonchev–Trinajstić information content (AvgIpc) is 2.66. The molecule has 0 aliphatic carbocycles. The lowest BCUT2D eigenvalue weighted by molar-refractivity contribution is 0.322. The first-order valence-corrected chi connectivity index (χ1v) is 8.41. The number of guanidine groups is 1. The SMILES string of the molecule is CCOc1ncccc1CNC(=NC)NCCc1ccccc1OC.I. The molecule has 1 heterocycles. The molecule has 0 bridgehead atoms. The standard InChI is InChI=1S/C19H26N4O2.HI/c1-4-25-18-16(9-7-12-21-18)14-23-19(20-2)22-13-11-15-8-5-6-10-17(15)24-3;/h5-10,12H,4,11,13-14H2,1-3H3,(H2,20,22,23);1H. The fourth-order valence-corrected chi connectivity index (χ4v) is 2.45. The monoisotopic (exact) mass is 470 g/mol. The normalized spacial score (nSPS) is 10.7. The number of ether oxygens (including phenoxy) is 2. The number of nitrogens with one attached hydrogen (secondary N) is 2. The van der Waals surface area contributed by atoms with Crippen molar-refractivity contribution in [3.8, 4) is 11.6 Å². The molecule has 1 aromatic heterocycles. The number of para-hydroxylation sites is 1. The number of halogens is 1. The van der Waals surface area contributed by atoms with Crippen LogP contribution < -0.4 is 20.1 Å². The zero-order valence-corrected chi connectivity index (χ0v) is 17.8. The van der Waals surface area contributed by atoms with Gasteiger partial charge in [0, 0.05) is 31.9 Å². The number of nitrogens with zero attached hydrogens (tertiary/aromatic N) is 2. The minimum Gasteiger partial charge on any atom is -0.496 e. The van der Waals surface area contributed by atoms with Gasteiger partial charge < -0.3 is 20.1 Å². The van der Waals surface area contributed by atoms with Crippen LogP contribution >= 0.6 is 24.0 Å². The van der Waals surface area contributed by atoms with Crippen LogP contribution in [0.2, 0.25) is 0 Å². The molecule has 0 fully saturated rings. The van der Waals surface area contributed by atoms with Gasteiger partial charge in [-0.25, -0.2) is 4.98 Å². The largest absolute Gasteiger partial charge is 0.496 e. The van der Waals surface area contributed by atoms with Gasteiger partial charge >= 0.3 is 0 Å².